The number of rotatable bonds is 14. The quantitative estimate of drug-likeness (QED) is 0.0685. The maximum Gasteiger partial charge on any atom is 0.442 e. The summed E-state index contributed by atoms with van der Waals surface area (Å²) in [4.78, 5) is 75.3. The summed E-state index contributed by atoms with van der Waals surface area (Å²) in [6.07, 6.45) is -6.01. The first-order valence-corrected chi connectivity index (χ1v) is 18.8. The Kier molecular flexibility index (Phi) is 11.7. The van der Waals surface area contributed by atoms with E-state index in [1.165, 1.54) is 0 Å². The molecule has 0 spiro atoms. The van der Waals surface area contributed by atoms with Crippen molar-refractivity contribution in [1.29, 1.82) is 0 Å². The number of hydrogen-bond acceptors (Lipinski definition) is 7. The second-order valence-corrected chi connectivity index (χ2v) is 16.1. The van der Waals surface area contributed by atoms with Gasteiger partial charge in [-0.2, -0.15) is 30.7 Å². The van der Waals surface area contributed by atoms with Crippen molar-refractivity contribution < 1.29 is 73.8 Å². The van der Waals surface area contributed by atoms with Crippen LogP contribution in [0.4, 0.5) is 30.7 Å². The van der Waals surface area contributed by atoms with Gasteiger partial charge in [0.2, 0.25) is 11.8 Å². The number of nitrogens with one attached hydrogen (secondary N) is 2. The summed E-state index contributed by atoms with van der Waals surface area (Å²) < 4.78 is 120. The van der Waals surface area contributed by atoms with Crippen molar-refractivity contribution in [3.8, 4) is 0 Å². The highest BCUT2D eigenvalue weighted by molar-refractivity contribution is 14.1. The highest BCUT2D eigenvalue weighted by Gasteiger charge is 2.65. The number of benzene rings is 3. The van der Waals surface area contributed by atoms with Crippen LogP contribution in [-0.4, -0.2) is 55.6 Å². The predicted molar refractivity (Wildman–Crippen MR) is 176 cm³/mol. The molecule has 0 radical (unpaired) electrons. The first kappa shape index (κ1) is 42.0. The summed E-state index contributed by atoms with van der Waals surface area (Å²) in [6, 6.07) is 6.11. The number of carbonyl (C=O) groups is 3. The fourth-order valence-electron chi connectivity index (χ4n) is 4.80. The lowest BCUT2D eigenvalue weighted by molar-refractivity contribution is -0.166. The molecule has 0 fully saturated rings. The van der Waals surface area contributed by atoms with Gasteiger partial charge in [0.25, 0.3) is 5.91 Å². The molecule has 0 unspecified atom stereocenters. The van der Waals surface area contributed by atoms with Crippen molar-refractivity contribution in [3.63, 3.8) is 0 Å². The Morgan fingerprint density at radius 2 is 1.17 bits per heavy atom. The van der Waals surface area contributed by atoms with Crippen LogP contribution in [0.15, 0.2) is 77.0 Å². The van der Waals surface area contributed by atoms with Gasteiger partial charge in [0.1, 0.15) is 12.1 Å². The minimum atomic E-state index is -5.96. The smallest absolute Gasteiger partial charge is 0.368 e. The number of nitrogens with zero attached hydrogens (tertiary/aromatic N) is 2. The molecule has 1 heterocycles. The maximum absolute atomic E-state index is 14.2. The molecule has 8 N–H and O–H groups in total. The summed E-state index contributed by atoms with van der Waals surface area (Å²) in [5.74, 6) is -3.49. The van der Waals surface area contributed by atoms with Crippen molar-refractivity contribution in [2.75, 3.05) is 0 Å². The lowest BCUT2D eigenvalue weighted by Gasteiger charge is -2.23. The minimum absolute atomic E-state index is 0.00264. The van der Waals surface area contributed by atoms with Crippen LogP contribution >= 0.6 is 37.8 Å². The number of primary amides is 1. The van der Waals surface area contributed by atoms with E-state index in [0.29, 0.717) is 24.3 Å². The number of nitrogens with two attached hydrogens (primary N) is 1. The molecule has 286 valence electrons. The molecule has 1 aliphatic heterocycles. The van der Waals surface area contributed by atoms with Gasteiger partial charge < -0.3 is 35.9 Å². The fourth-order valence-corrected chi connectivity index (χ4v) is 6.44. The zero-order chi connectivity index (χ0) is 39.9. The number of hydrogen-bond donors (Lipinski definition) is 7. The Labute approximate surface area is 306 Å². The lowest BCUT2D eigenvalue weighted by atomic mass is 9.99. The molecule has 4 rings (SSSR count). The molecule has 3 aromatic carbocycles. The van der Waals surface area contributed by atoms with Gasteiger partial charge in [-0.3, -0.25) is 23.5 Å². The normalized spacial score (nSPS) is 15.7. The predicted octanol–water partition coefficient (Wildman–Crippen LogP) is 4.48. The van der Waals surface area contributed by atoms with Crippen LogP contribution < -0.4 is 16.4 Å². The van der Waals surface area contributed by atoms with Gasteiger partial charge in [0, 0.05) is 38.7 Å². The van der Waals surface area contributed by atoms with E-state index in [-0.39, 0.29) is 14.7 Å². The Balaban J connectivity index is 1.63. The van der Waals surface area contributed by atoms with Crippen LogP contribution in [0.3, 0.4) is 0 Å². The van der Waals surface area contributed by atoms with Gasteiger partial charge in [-0.25, -0.2) is 0 Å². The molecule has 3 amide bonds. The third kappa shape index (κ3) is 9.13. The number of halogens is 8. The molecule has 0 aromatic heterocycles. The van der Waals surface area contributed by atoms with E-state index in [2.05, 4.69) is 20.9 Å². The third-order valence-electron chi connectivity index (χ3n) is 7.75. The number of carbonyl (C=O) groups excluding carboxylic acids is 3. The molecule has 0 bridgehead atoms. The van der Waals surface area contributed by atoms with Crippen molar-refractivity contribution in [3.05, 3.63) is 104 Å². The van der Waals surface area contributed by atoms with Crippen molar-refractivity contribution in [2.45, 2.75) is 48.1 Å². The van der Waals surface area contributed by atoms with Gasteiger partial charge in [0.15, 0.2) is 0 Å². The molecule has 14 nitrogen and oxygen atoms in total. The Morgan fingerprint density at radius 3 is 1.55 bits per heavy atom. The van der Waals surface area contributed by atoms with E-state index in [1.54, 1.807) is 22.6 Å². The first-order chi connectivity index (χ1) is 24.2. The molecular weight excluding hydrogens is 884 g/mol. The molecule has 3 aromatic rings. The van der Waals surface area contributed by atoms with E-state index in [0.717, 1.165) is 42.5 Å². The van der Waals surface area contributed by atoms with Crippen molar-refractivity contribution in [2.24, 2.45) is 16.0 Å². The summed E-state index contributed by atoms with van der Waals surface area (Å²) in [6.45, 7) is 0. The van der Waals surface area contributed by atoms with Crippen LogP contribution in [0.5, 0.6) is 0 Å². The van der Waals surface area contributed by atoms with E-state index in [9.17, 15) is 54.2 Å². The maximum atomic E-state index is 14.2. The second kappa shape index (κ2) is 14.8. The van der Waals surface area contributed by atoms with Gasteiger partial charge in [-0.05, 0) is 51.9 Å². The van der Waals surface area contributed by atoms with Crippen LogP contribution in [-0.2, 0) is 48.6 Å². The molecule has 1 aliphatic rings. The average Bonchev–Trinajstić information content (AvgIpc) is 3.86. The average molecular weight is 909 g/mol. The summed E-state index contributed by atoms with van der Waals surface area (Å²) in [7, 11) is -11.9. The lowest BCUT2D eigenvalue weighted by Crippen LogP contribution is -2.54. The summed E-state index contributed by atoms with van der Waals surface area (Å²) in [5.41, 5.74) is -9.66. The number of alkyl halides is 7. The minimum Gasteiger partial charge on any atom is -0.368 e. The molecule has 0 saturated heterocycles. The van der Waals surface area contributed by atoms with Gasteiger partial charge >= 0.3 is 38.4 Å². The van der Waals surface area contributed by atoms with E-state index < -0.39 is 103 Å². The third-order valence-corrected chi connectivity index (χ3v) is 10.4. The molecule has 24 heteroatoms. The molecule has 2 atom stereocenters. The molecule has 0 saturated carbocycles. The monoisotopic (exact) mass is 909 g/mol. The SMILES string of the molecule is NC(=O)[C@H](Cc1ccc(C(F)(F)P(=O)(O)O)cc1)NC(=O)[C@H](Cc1ccc(C(F)(F)P(=O)(O)O)cc1)NC(=O)c1cc(I)cc(C2(C(F)(F)F)N=N2)c1. The van der Waals surface area contributed by atoms with Gasteiger partial charge in [0.05, 0.1) is 0 Å². The zero-order valence-corrected chi connectivity index (χ0v) is 30.1. The highest BCUT2D eigenvalue weighted by atomic mass is 127. The van der Waals surface area contributed by atoms with Crippen LogP contribution in [0.1, 0.15) is 38.2 Å². The molecule has 53 heavy (non-hydrogen) atoms. The number of amides is 3. The van der Waals surface area contributed by atoms with Crippen molar-refractivity contribution in [1.82, 2.24) is 10.6 Å². The van der Waals surface area contributed by atoms with Crippen LogP contribution in [0.2, 0.25) is 0 Å². The van der Waals surface area contributed by atoms with Crippen molar-refractivity contribution >= 4 is 55.5 Å². The zero-order valence-electron chi connectivity index (χ0n) is 26.1. The van der Waals surface area contributed by atoms with E-state index in [1.807, 2.05) is 0 Å². The van der Waals surface area contributed by atoms with E-state index in [4.69, 9.17) is 25.3 Å². The fraction of sp³-hybridized carbons (Fsp3) is 0.276. The van der Waals surface area contributed by atoms with Gasteiger partial charge in [-0.1, -0.05) is 48.5 Å². The Hall–Kier alpha value is -3.79. The second-order valence-electron chi connectivity index (χ2n) is 11.6. The standard InChI is InChI=1S/C29H25F7IN5O9P2/c30-27(31,52(46,47)48)17-5-1-14(2-6-17)9-21(23(38)43)39-25(45)22(10-15-3-7-18(8-4-15)28(32,33)53(49,50)51)40-24(44)16-11-19(13-20(37)12-16)26(41-42-26)29(34,35)36/h1-8,11-13,21-22H,9-10H2,(H2,38,43)(H,39,45)(H,40,44)(H2,46,47,48)(H2,49,50,51)/t21-,22-/m0/s1. The largest absolute Gasteiger partial charge is 0.442 e. The van der Waals surface area contributed by atoms with E-state index >= 15 is 0 Å². The molecular formula is C29H25F7IN5O9P2. The Bertz CT molecular complexity index is 2040. The highest BCUT2D eigenvalue weighted by Crippen LogP contribution is 2.60. The van der Waals surface area contributed by atoms with Crippen LogP contribution in [0.25, 0.3) is 0 Å². The summed E-state index contributed by atoms with van der Waals surface area (Å²) in [5, 5.41) is 10.7. The van der Waals surface area contributed by atoms with Gasteiger partial charge in [-0.15, -0.1) is 10.2 Å². The van der Waals surface area contributed by atoms with Crippen LogP contribution in [0, 0.1) is 3.57 Å². The topological polar surface area (TPSA) is 241 Å². The first-order valence-electron chi connectivity index (χ1n) is 14.5. The molecule has 0 aliphatic carbocycles. The summed E-state index contributed by atoms with van der Waals surface area (Å²) >= 11 is 1.63. The Morgan fingerprint density at radius 1 is 0.736 bits per heavy atom.